The number of rotatable bonds is 5. The number of likely N-dealkylation sites (N-methyl/N-ethyl adjacent to an activating group) is 1. The molecule has 0 saturated heterocycles. The number of benzene rings is 3. The first-order valence-electron chi connectivity index (χ1n) is 10.1. The van der Waals surface area contributed by atoms with Crippen molar-refractivity contribution in [2.75, 3.05) is 26.0 Å². The lowest BCUT2D eigenvalue weighted by Crippen LogP contribution is -2.36. The molecule has 3 aromatic rings. The Morgan fingerprint density at radius 1 is 0.818 bits per heavy atom. The molecule has 0 N–H and O–H groups in total. The van der Waals surface area contributed by atoms with Crippen molar-refractivity contribution < 1.29 is 22.7 Å². The number of hydrogen-bond donors (Lipinski definition) is 0. The Balaban J connectivity index is 1.86. The first kappa shape index (κ1) is 22.3. The van der Waals surface area contributed by atoms with Gasteiger partial charge >= 0.3 is 5.97 Å². The molecule has 33 heavy (non-hydrogen) atoms. The van der Waals surface area contributed by atoms with E-state index in [2.05, 4.69) is 0 Å². The van der Waals surface area contributed by atoms with Crippen molar-refractivity contribution in [1.82, 2.24) is 4.31 Å². The van der Waals surface area contributed by atoms with Gasteiger partial charge in [-0.05, 0) is 36.4 Å². The number of carbonyl (C=O) groups is 2. The number of hydrogen-bond acceptors (Lipinski definition) is 6. The quantitative estimate of drug-likeness (QED) is 0.424. The minimum absolute atomic E-state index is 0.0390. The van der Waals surface area contributed by atoms with Gasteiger partial charge in [0, 0.05) is 38.0 Å². The summed E-state index contributed by atoms with van der Waals surface area (Å²) in [6, 6.07) is 21.2. The molecule has 8 heteroatoms. The predicted molar refractivity (Wildman–Crippen MR) is 125 cm³/mol. The van der Waals surface area contributed by atoms with Crippen molar-refractivity contribution in [3.05, 3.63) is 101 Å². The van der Waals surface area contributed by atoms with Crippen LogP contribution in [0.2, 0.25) is 0 Å². The van der Waals surface area contributed by atoms with Crippen molar-refractivity contribution in [2.45, 2.75) is 4.90 Å². The van der Waals surface area contributed by atoms with Crippen LogP contribution in [0.5, 0.6) is 0 Å². The molecule has 0 aliphatic carbocycles. The van der Waals surface area contributed by atoms with Crippen LogP contribution >= 0.6 is 0 Å². The fraction of sp³-hybridized carbons (Fsp3) is 0.120. The van der Waals surface area contributed by atoms with Gasteiger partial charge in [0.25, 0.3) is 10.0 Å². The maximum Gasteiger partial charge on any atom is 0.343 e. The summed E-state index contributed by atoms with van der Waals surface area (Å²) in [5.41, 5.74) is 1.39. The zero-order valence-corrected chi connectivity index (χ0v) is 19.2. The first-order chi connectivity index (χ1) is 15.7. The van der Waals surface area contributed by atoms with Gasteiger partial charge in [-0.2, -0.15) is 0 Å². The lowest BCUT2D eigenvalue weighted by atomic mass is 10.0. The average Bonchev–Trinajstić information content (AvgIpc) is 2.83. The van der Waals surface area contributed by atoms with Crippen molar-refractivity contribution >= 4 is 33.2 Å². The second kappa shape index (κ2) is 8.55. The second-order valence-electron chi connectivity index (χ2n) is 7.67. The second-order valence-corrected chi connectivity index (χ2v) is 9.61. The van der Waals surface area contributed by atoms with E-state index in [4.69, 9.17) is 4.74 Å². The van der Waals surface area contributed by atoms with E-state index in [9.17, 15) is 18.0 Å². The Morgan fingerprint density at radius 3 is 2.06 bits per heavy atom. The minimum atomic E-state index is -4.01. The predicted octanol–water partition coefficient (Wildman–Crippen LogP) is 3.80. The van der Waals surface area contributed by atoms with E-state index in [0.717, 1.165) is 9.99 Å². The van der Waals surface area contributed by atoms with Crippen LogP contribution < -0.4 is 4.90 Å². The molecule has 0 radical (unpaired) electrons. The molecule has 0 atom stereocenters. The number of ketones is 1. The van der Waals surface area contributed by atoms with Crippen molar-refractivity contribution in [1.29, 1.82) is 0 Å². The summed E-state index contributed by atoms with van der Waals surface area (Å²) in [7, 11) is 1.03. The van der Waals surface area contributed by atoms with Gasteiger partial charge in [-0.3, -0.25) is 9.10 Å². The summed E-state index contributed by atoms with van der Waals surface area (Å²) in [5, 5.41) is 0. The maximum absolute atomic E-state index is 13.4. The van der Waals surface area contributed by atoms with Crippen LogP contribution in [0.15, 0.2) is 89.5 Å². The number of fused-ring (bicyclic) bond motifs is 1. The van der Waals surface area contributed by atoms with E-state index >= 15 is 0 Å². The Kier molecular flexibility index (Phi) is 5.78. The SMILES string of the molecule is CN(C)c1ccc(C(=O)OC2=C(C(=O)c3ccccc3)N(C)S(=O)(=O)c3ccccc32)cc1. The summed E-state index contributed by atoms with van der Waals surface area (Å²) in [6.45, 7) is 0. The monoisotopic (exact) mass is 462 g/mol. The van der Waals surface area contributed by atoms with E-state index in [-0.39, 0.29) is 33.0 Å². The van der Waals surface area contributed by atoms with Gasteiger partial charge in [0.05, 0.1) is 10.5 Å². The van der Waals surface area contributed by atoms with E-state index in [1.54, 1.807) is 66.7 Å². The molecule has 0 spiro atoms. The van der Waals surface area contributed by atoms with Crippen LogP contribution in [-0.4, -0.2) is 45.6 Å². The molecule has 0 bridgehead atoms. The highest BCUT2D eigenvalue weighted by atomic mass is 32.2. The van der Waals surface area contributed by atoms with Crippen LogP contribution in [0.3, 0.4) is 0 Å². The summed E-state index contributed by atoms with van der Waals surface area (Å²) in [5.74, 6) is -1.36. The Bertz CT molecular complexity index is 1360. The average molecular weight is 463 g/mol. The third-order valence-corrected chi connectivity index (χ3v) is 7.18. The molecule has 168 valence electrons. The number of sulfonamides is 1. The molecule has 1 aliphatic heterocycles. The molecule has 0 fully saturated rings. The number of esters is 1. The summed E-state index contributed by atoms with van der Waals surface area (Å²) < 4.78 is 32.9. The Morgan fingerprint density at radius 2 is 1.42 bits per heavy atom. The van der Waals surface area contributed by atoms with Gasteiger partial charge in [-0.15, -0.1) is 0 Å². The van der Waals surface area contributed by atoms with Gasteiger partial charge < -0.3 is 9.64 Å². The van der Waals surface area contributed by atoms with E-state index < -0.39 is 21.8 Å². The topological polar surface area (TPSA) is 84.0 Å². The van der Waals surface area contributed by atoms with Crippen molar-refractivity contribution in [2.24, 2.45) is 0 Å². The lowest BCUT2D eigenvalue weighted by Gasteiger charge is -2.30. The molecule has 0 amide bonds. The van der Waals surface area contributed by atoms with Crippen LogP contribution in [0.25, 0.3) is 5.76 Å². The van der Waals surface area contributed by atoms with Crippen molar-refractivity contribution in [3.8, 4) is 0 Å². The molecular formula is C25H22N2O5S. The van der Waals surface area contributed by atoms with Crippen LogP contribution in [-0.2, 0) is 14.8 Å². The minimum Gasteiger partial charge on any atom is -0.420 e. The van der Waals surface area contributed by atoms with Gasteiger partial charge in [-0.1, -0.05) is 42.5 Å². The number of ether oxygens (including phenoxy) is 1. The van der Waals surface area contributed by atoms with Gasteiger partial charge in [-0.25, -0.2) is 13.2 Å². The zero-order chi connectivity index (χ0) is 23.8. The molecule has 4 rings (SSSR count). The summed E-state index contributed by atoms with van der Waals surface area (Å²) >= 11 is 0. The highest BCUT2D eigenvalue weighted by molar-refractivity contribution is 7.89. The fourth-order valence-corrected chi connectivity index (χ4v) is 4.93. The zero-order valence-electron chi connectivity index (χ0n) is 18.3. The molecule has 0 saturated carbocycles. The van der Waals surface area contributed by atoms with Gasteiger partial charge in [0.15, 0.2) is 5.76 Å². The van der Waals surface area contributed by atoms with Crippen LogP contribution in [0, 0.1) is 0 Å². The lowest BCUT2D eigenvalue weighted by molar-refractivity contribution is 0.0686. The third kappa shape index (κ3) is 4.01. The maximum atomic E-state index is 13.4. The highest BCUT2D eigenvalue weighted by Gasteiger charge is 2.39. The molecule has 3 aromatic carbocycles. The number of anilines is 1. The molecule has 1 aliphatic rings. The van der Waals surface area contributed by atoms with E-state index in [1.165, 1.54) is 19.2 Å². The largest absolute Gasteiger partial charge is 0.420 e. The molecule has 0 aromatic heterocycles. The summed E-state index contributed by atoms with van der Waals surface area (Å²) in [4.78, 5) is 28.3. The smallest absolute Gasteiger partial charge is 0.343 e. The normalized spacial score (nSPS) is 14.5. The van der Waals surface area contributed by atoms with E-state index in [1.807, 2.05) is 19.0 Å². The Hall–Kier alpha value is -3.91. The fourth-order valence-electron chi connectivity index (χ4n) is 3.54. The van der Waals surface area contributed by atoms with Gasteiger partial charge in [0.1, 0.15) is 5.70 Å². The van der Waals surface area contributed by atoms with Crippen LogP contribution in [0.4, 0.5) is 5.69 Å². The third-order valence-electron chi connectivity index (χ3n) is 5.37. The van der Waals surface area contributed by atoms with E-state index in [0.29, 0.717) is 0 Å². The van der Waals surface area contributed by atoms with Gasteiger partial charge in [0.2, 0.25) is 5.78 Å². The Labute approximate surface area is 192 Å². The van der Waals surface area contributed by atoms with Crippen LogP contribution in [0.1, 0.15) is 26.3 Å². The number of carbonyl (C=O) groups excluding carboxylic acids is 2. The molecule has 1 heterocycles. The number of nitrogens with zero attached hydrogens (tertiary/aromatic N) is 2. The standard InChI is InChI=1S/C25H22N2O5S/c1-26(2)19-15-13-18(14-16-19)25(29)32-24-20-11-7-8-12-21(20)33(30,31)27(3)22(24)23(28)17-9-5-4-6-10-17/h4-16H,1-3H3. The summed E-state index contributed by atoms with van der Waals surface area (Å²) in [6.07, 6.45) is 0. The molecule has 7 nitrogen and oxygen atoms in total. The number of allylic oxidation sites excluding steroid dienone is 1. The van der Waals surface area contributed by atoms with Crippen molar-refractivity contribution in [3.63, 3.8) is 0 Å². The molecule has 0 unspecified atom stereocenters. The highest BCUT2D eigenvalue weighted by Crippen LogP contribution is 2.38. The first-order valence-corrected chi connectivity index (χ1v) is 11.6. The molecular weight excluding hydrogens is 440 g/mol. The number of Topliss-reactive ketones (excluding diaryl/α,β-unsaturated/α-hetero) is 1.